The minimum absolute atomic E-state index is 0.130. The molecule has 2 amide bonds. The number of hydrogen-bond acceptors (Lipinski definition) is 4. The molecule has 0 aliphatic carbocycles. The van der Waals surface area contributed by atoms with Gasteiger partial charge in [0.2, 0.25) is 5.91 Å². The maximum atomic E-state index is 11.6. The highest BCUT2D eigenvalue weighted by atomic mass is 16.5. The van der Waals surface area contributed by atoms with E-state index in [1.165, 1.54) is 0 Å². The molecular weight excluding hydrogens is 260 g/mol. The number of amides is 2. The molecule has 2 N–H and O–H groups in total. The molecule has 0 aliphatic rings. The van der Waals surface area contributed by atoms with Gasteiger partial charge in [0.05, 0.1) is 12.1 Å². The number of nitrogens with one attached hydrogen (secondary N) is 2. The number of rotatable bonds is 6. The third kappa shape index (κ3) is 5.51. The fraction of sp³-hybridized carbons (Fsp3) is 0.357. The first-order chi connectivity index (χ1) is 9.52. The number of aryl methyl sites for hydroxylation is 1. The lowest BCUT2D eigenvalue weighted by Gasteiger charge is -2.06. The number of benzene rings is 1. The fourth-order valence-corrected chi connectivity index (χ4v) is 1.39. The Kier molecular flexibility index (Phi) is 6.22. The van der Waals surface area contributed by atoms with Crippen molar-refractivity contribution < 1.29 is 19.1 Å². The molecule has 6 nitrogen and oxygen atoms in total. The average Bonchev–Trinajstić information content (AvgIpc) is 2.43. The zero-order valence-corrected chi connectivity index (χ0v) is 11.6. The summed E-state index contributed by atoms with van der Waals surface area (Å²) < 4.78 is 4.84. The number of hydrogen-bond donors (Lipinski definition) is 2. The summed E-state index contributed by atoms with van der Waals surface area (Å²) >= 11 is 0. The molecule has 1 aromatic rings. The van der Waals surface area contributed by atoms with E-state index in [1.54, 1.807) is 31.2 Å². The molecule has 0 heterocycles. The number of carbonyl (C=O) groups excluding carboxylic acids is 3. The number of ether oxygens (including phenoxy) is 1. The van der Waals surface area contributed by atoms with E-state index < -0.39 is 18.5 Å². The van der Waals surface area contributed by atoms with Crippen LogP contribution >= 0.6 is 0 Å². The van der Waals surface area contributed by atoms with Crippen LogP contribution in [0.2, 0.25) is 0 Å². The predicted molar refractivity (Wildman–Crippen MR) is 73.2 cm³/mol. The summed E-state index contributed by atoms with van der Waals surface area (Å²) in [7, 11) is 0. The van der Waals surface area contributed by atoms with E-state index >= 15 is 0 Å². The van der Waals surface area contributed by atoms with Crippen molar-refractivity contribution in [2.45, 2.75) is 13.8 Å². The number of likely N-dealkylation sites (N-methyl/N-ethyl adjacent to an activating group) is 1. The molecule has 0 aromatic heterocycles. The summed E-state index contributed by atoms with van der Waals surface area (Å²) in [5.41, 5.74) is 1.41. The van der Waals surface area contributed by atoms with Crippen LogP contribution in [0.15, 0.2) is 24.3 Å². The molecule has 0 spiro atoms. The molecule has 1 aromatic carbocycles. The standard InChI is InChI=1S/C14H18N2O4/c1-3-15-12(17)8-16-13(18)9-20-14(19)11-6-4-10(2)5-7-11/h4-7H,3,8-9H2,1-2H3,(H,15,17)(H,16,18). The van der Waals surface area contributed by atoms with Crippen LogP contribution in [0.3, 0.4) is 0 Å². The van der Waals surface area contributed by atoms with Crippen LogP contribution in [0.1, 0.15) is 22.8 Å². The second-order valence-electron chi connectivity index (χ2n) is 4.17. The van der Waals surface area contributed by atoms with E-state index in [9.17, 15) is 14.4 Å². The minimum Gasteiger partial charge on any atom is -0.452 e. The molecule has 0 fully saturated rings. The Morgan fingerprint density at radius 1 is 1.05 bits per heavy atom. The summed E-state index contributed by atoms with van der Waals surface area (Å²) in [4.78, 5) is 34.1. The molecule has 0 bridgehead atoms. The van der Waals surface area contributed by atoms with E-state index in [0.717, 1.165) is 5.56 Å². The lowest BCUT2D eigenvalue weighted by Crippen LogP contribution is -2.38. The van der Waals surface area contributed by atoms with Gasteiger partial charge in [0.25, 0.3) is 5.91 Å². The molecule has 0 saturated heterocycles. The zero-order valence-electron chi connectivity index (χ0n) is 11.6. The van der Waals surface area contributed by atoms with Crippen molar-refractivity contribution in [3.63, 3.8) is 0 Å². The lowest BCUT2D eigenvalue weighted by molar-refractivity contribution is -0.127. The average molecular weight is 278 g/mol. The Morgan fingerprint density at radius 3 is 2.30 bits per heavy atom. The van der Waals surface area contributed by atoms with Crippen molar-refractivity contribution in [3.8, 4) is 0 Å². The zero-order chi connectivity index (χ0) is 15.0. The molecule has 108 valence electrons. The van der Waals surface area contributed by atoms with Crippen molar-refractivity contribution in [1.29, 1.82) is 0 Å². The Labute approximate surface area is 117 Å². The van der Waals surface area contributed by atoms with Gasteiger partial charge in [-0.05, 0) is 26.0 Å². The Morgan fingerprint density at radius 2 is 1.70 bits per heavy atom. The first-order valence-electron chi connectivity index (χ1n) is 6.30. The van der Waals surface area contributed by atoms with Gasteiger partial charge in [-0.1, -0.05) is 17.7 Å². The number of esters is 1. The first kappa shape index (κ1) is 15.7. The third-order valence-electron chi connectivity index (χ3n) is 2.44. The summed E-state index contributed by atoms with van der Waals surface area (Å²) in [5.74, 6) is -1.37. The first-order valence-corrected chi connectivity index (χ1v) is 6.30. The van der Waals surface area contributed by atoms with Gasteiger partial charge in [-0.15, -0.1) is 0 Å². The molecule has 0 saturated carbocycles. The molecule has 0 aliphatic heterocycles. The van der Waals surface area contributed by atoms with E-state index in [1.807, 2.05) is 6.92 Å². The van der Waals surface area contributed by atoms with Crippen LogP contribution in [-0.4, -0.2) is 37.5 Å². The highest BCUT2D eigenvalue weighted by Crippen LogP contribution is 2.04. The molecule has 1 rings (SSSR count). The van der Waals surface area contributed by atoms with Crippen LogP contribution in [0, 0.1) is 6.92 Å². The molecule has 0 unspecified atom stereocenters. The maximum absolute atomic E-state index is 11.6. The summed E-state index contributed by atoms with van der Waals surface area (Å²) in [6.07, 6.45) is 0. The van der Waals surface area contributed by atoms with Gasteiger partial charge in [0.1, 0.15) is 0 Å². The molecule has 0 radical (unpaired) electrons. The Hall–Kier alpha value is -2.37. The largest absolute Gasteiger partial charge is 0.452 e. The summed E-state index contributed by atoms with van der Waals surface area (Å²) in [5, 5.41) is 4.89. The topological polar surface area (TPSA) is 84.5 Å². The van der Waals surface area contributed by atoms with Gasteiger partial charge in [-0.25, -0.2) is 4.79 Å². The van der Waals surface area contributed by atoms with Crippen molar-refractivity contribution in [2.75, 3.05) is 19.7 Å². The monoisotopic (exact) mass is 278 g/mol. The smallest absolute Gasteiger partial charge is 0.338 e. The van der Waals surface area contributed by atoms with Gasteiger partial charge >= 0.3 is 5.97 Å². The van der Waals surface area contributed by atoms with Gasteiger partial charge in [-0.3, -0.25) is 9.59 Å². The predicted octanol–water partition coefficient (Wildman–Crippen LogP) is 0.404. The quantitative estimate of drug-likeness (QED) is 0.738. The van der Waals surface area contributed by atoms with E-state index in [4.69, 9.17) is 4.74 Å². The second-order valence-corrected chi connectivity index (χ2v) is 4.17. The van der Waals surface area contributed by atoms with E-state index in [2.05, 4.69) is 10.6 Å². The van der Waals surface area contributed by atoms with Crippen LogP contribution in [0.5, 0.6) is 0 Å². The van der Waals surface area contributed by atoms with Crippen molar-refractivity contribution >= 4 is 17.8 Å². The third-order valence-corrected chi connectivity index (χ3v) is 2.44. The lowest BCUT2D eigenvalue weighted by atomic mass is 10.1. The van der Waals surface area contributed by atoms with Crippen LogP contribution in [0.4, 0.5) is 0 Å². The van der Waals surface area contributed by atoms with E-state index in [0.29, 0.717) is 12.1 Å². The van der Waals surface area contributed by atoms with Crippen LogP contribution in [0.25, 0.3) is 0 Å². The van der Waals surface area contributed by atoms with Gasteiger partial charge in [0, 0.05) is 6.54 Å². The normalized spacial score (nSPS) is 9.70. The minimum atomic E-state index is -0.571. The van der Waals surface area contributed by atoms with Crippen molar-refractivity contribution in [3.05, 3.63) is 35.4 Å². The van der Waals surface area contributed by atoms with Gasteiger partial charge in [-0.2, -0.15) is 0 Å². The fourth-order valence-electron chi connectivity index (χ4n) is 1.39. The van der Waals surface area contributed by atoms with E-state index in [-0.39, 0.29) is 12.5 Å². The van der Waals surface area contributed by atoms with Gasteiger partial charge in [0.15, 0.2) is 6.61 Å². The highest BCUT2D eigenvalue weighted by molar-refractivity contribution is 5.92. The molecule has 0 atom stereocenters. The molecular formula is C14H18N2O4. The summed E-state index contributed by atoms with van der Waals surface area (Å²) in [6.45, 7) is 3.64. The second kappa shape index (κ2) is 7.93. The highest BCUT2D eigenvalue weighted by Gasteiger charge is 2.10. The SMILES string of the molecule is CCNC(=O)CNC(=O)COC(=O)c1ccc(C)cc1. The Balaban J connectivity index is 2.32. The van der Waals surface area contributed by atoms with Crippen LogP contribution in [-0.2, 0) is 14.3 Å². The maximum Gasteiger partial charge on any atom is 0.338 e. The Bertz CT molecular complexity index is 482. The van der Waals surface area contributed by atoms with Crippen molar-refractivity contribution in [1.82, 2.24) is 10.6 Å². The van der Waals surface area contributed by atoms with Crippen LogP contribution < -0.4 is 10.6 Å². The summed E-state index contributed by atoms with van der Waals surface area (Å²) in [6, 6.07) is 6.83. The molecule has 6 heteroatoms. The number of carbonyl (C=O) groups is 3. The van der Waals surface area contributed by atoms with Crippen molar-refractivity contribution in [2.24, 2.45) is 0 Å². The van der Waals surface area contributed by atoms with Gasteiger partial charge < -0.3 is 15.4 Å². The molecule has 20 heavy (non-hydrogen) atoms.